The van der Waals surface area contributed by atoms with E-state index in [1.54, 1.807) is 13.8 Å². The fourth-order valence-corrected chi connectivity index (χ4v) is 2.91. The number of carbonyl (C=O) groups excluding carboxylic acids is 1. The number of β-amino-alcohol motifs (C(OH)–C–C–N with tert-alkyl or cyclic N) is 1. The summed E-state index contributed by atoms with van der Waals surface area (Å²) in [6.45, 7) is 4.36. The summed E-state index contributed by atoms with van der Waals surface area (Å²) >= 11 is 0. The lowest BCUT2D eigenvalue weighted by Crippen LogP contribution is -2.55. The van der Waals surface area contributed by atoms with Crippen molar-refractivity contribution in [1.82, 2.24) is 4.90 Å². The molecule has 1 aromatic carbocycles. The maximum atomic E-state index is 12.2. The number of aliphatic hydroxyl groups is 1. The smallest absolute Gasteiger partial charge is 0.410 e. The highest BCUT2D eigenvalue weighted by Crippen LogP contribution is 2.33. The van der Waals surface area contributed by atoms with Crippen LogP contribution >= 0.6 is 0 Å². The summed E-state index contributed by atoms with van der Waals surface area (Å²) < 4.78 is 16.7. The van der Waals surface area contributed by atoms with E-state index in [-0.39, 0.29) is 19.3 Å². The van der Waals surface area contributed by atoms with E-state index in [4.69, 9.17) is 14.2 Å². The molecule has 3 atom stereocenters. The van der Waals surface area contributed by atoms with Crippen molar-refractivity contribution >= 4 is 6.09 Å². The molecule has 120 valence electrons. The summed E-state index contributed by atoms with van der Waals surface area (Å²) in [6.07, 6.45) is -1.95. The van der Waals surface area contributed by atoms with Gasteiger partial charge in [0.2, 0.25) is 0 Å². The first kappa shape index (κ1) is 15.3. The lowest BCUT2D eigenvalue weighted by molar-refractivity contribution is -0.152. The van der Waals surface area contributed by atoms with Gasteiger partial charge in [-0.15, -0.1) is 0 Å². The van der Waals surface area contributed by atoms with Crippen LogP contribution in [0.15, 0.2) is 30.3 Å². The van der Waals surface area contributed by atoms with Gasteiger partial charge in [0, 0.05) is 0 Å². The number of rotatable bonds is 2. The summed E-state index contributed by atoms with van der Waals surface area (Å²) in [4.78, 5) is 13.6. The molecule has 0 aliphatic carbocycles. The van der Waals surface area contributed by atoms with Crippen molar-refractivity contribution in [3.8, 4) is 0 Å². The van der Waals surface area contributed by atoms with E-state index in [0.29, 0.717) is 6.54 Å². The Hall–Kier alpha value is -1.63. The maximum absolute atomic E-state index is 12.2. The number of aliphatic hydroxyl groups excluding tert-OH is 1. The topological polar surface area (TPSA) is 68.2 Å². The van der Waals surface area contributed by atoms with Crippen LogP contribution in [0, 0.1) is 0 Å². The van der Waals surface area contributed by atoms with Crippen LogP contribution in [-0.2, 0) is 20.8 Å². The second-order valence-corrected chi connectivity index (χ2v) is 6.15. The van der Waals surface area contributed by atoms with Crippen molar-refractivity contribution in [2.24, 2.45) is 0 Å². The molecule has 1 aromatic rings. The number of amides is 1. The number of fused-ring (bicyclic) bond motifs is 1. The van der Waals surface area contributed by atoms with Crippen LogP contribution in [0.3, 0.4) is 0 Å². The molecule has 0 saturated carbocycles. The molecule has 1 N–H and O–H groups in total. The molecule has 2 heterocycles. The van der Waals surface area contributed by atoms with Gasteiger partial charge in [0.25, 0.3) is 0 Å². The molecule has 2 aliphatic heterocycles. The molecule has 0 unspecified atom stereocenters. The lowest BCUT2D eigenvalue weighted by Gasteiger charge is -2.35. The van der Waals surface area contributed by atoms with E-state index < -0.39 is 24.1 Å². The Morgan fingerprint density at radius 1 is 1.32 bits per heavy atom. The number of ether oxygens (including phenoxy) is 3. The Morgan fingerprint density at radius 3 is 2.77 bits per heavy atom. The van der Waals surface area contributed by atoms with Gasteiger partial charge in [0.05, 0.1) is 13.1 Å². The van der Waals surface area contributed by atoms with E-state index in [2.05, 4.69) is 0 Å². The van der Waals surface area contributed by atoms with Gasteiger partial charge in [0.1, 0.15) is 24.9 Å². The molecule has 1 amide bonds. The molecule has 0 aromatic heterocycles. The fourth-order valence-electron chi connectivity index (χ4n) is 2.91. The van der Waals surface area contributed by atoms with Crippen molar-refractivity contribution in [3.63, 3.8) is 0 Å². The van der Waals surface area contributed by atoms with Gasteiger partial charge in [-0.05, 0) is 19.4 Å². The van der Waals surface area contributed by atoms with Gasteiger partial charge in [0.15, 0.2) is 5.79 Å². The van der Waals surface area contributed by atoms with Crippen molar-refractivity contribution in [2.45, 2.75) is 44.6 Å². The van der Waals surface area contributed by atoms with Crippen molar-refractivity contribution in [2.75, 3.05) is 13.1 Å². The summed E-state index contributed by atoms with van der Waals surface area (Å²) in [6, 6.07) is 9.48. The molecule has 6 nitrogen and oxygen atoms in total. The molecule has 2 aliphatic rings. The Morgan fingerprint density at radius 2 is 2.05 bits per heavy atom. The zero-order valence-electron chi connectivity index (χ0n) is 12.8. The molecule has 2 saturated heterocycles. The SMILES string of the molecule is CC1(C)O[C@H]2[C@H](O)CN(C(=O)OCc3ccccc3)C[C@@H]2O1. The summed E-state index contributed by atoms with van der Waals surface area (Å²) in [7, 11) is 0. The van der Waals surface area contributed by atoms with Crippen LogP contribution in [-0.4, -0.2) is 53.3 Å². The highest BCUT2D eigenvalue weighted by molar-refractivity contribution is 5.68. The van der Waals surface area contributed by atoms with Gasteiger partial charge in [-0.2, -0.15) is 0 Å². The van der Waals surface area contributed by atoms with Crippen LogP contribution < -0.4 is 0 Å². The fraction of sp³-hybridized carbons (Fsp3) is 0.562. The number of likely N-dealkylation sites (tertiary alicyclic amines) is 1. The molecular weight excluding hydrogens is 286 g/mol. The minimum absolute atomic E-state index is 0.189. The number of piperidine rings is 1. The van der Waals surface area contributed by atoms with Gasteiger partial charge in [-0.3, -0.25) is 0 Å². The van der Waals surface area contributed by atoms with Gasteiger partial charge in [-0.1, -0.05) is 30.3 Å². The van der Waals surface area contributed by atoms with Crippen LogP contribution in [0.4, 0.5) is 4.79 Å². The van der Waals surface area contributed by atoms with Crippen molar-refractivity contribution in [3.05, 3.63) is 35.9 Å². The van der Waals surface area contributed by atoms with Gasteiger partial charge >= 0.3 is 6.09 Å². The zero-order valence-corrected chi connectivity index (χ0v) is 12.8. The minimum atomic E-state index is -0.773. The first-order valence-corrected chi connectivity index (χ1v) is 7.44. The minimum Gasteiger partial charge on any atom is -0.445 e. The highest BCUT2D eigenvalue weighted by Gasteiger charge is 2.49. The summed E-state index contributed by atoms with van der Waals surface area (Å²) in [5.41, 5.74) is 0.924. The summed E-state index contributed by atoms with van der Waals surface area (Å²) in [5, 5.41) is 10.2. The molecule has 0 spiro atoms. The average Bonchev–Trinajstić information content (AvgIpc) is 2.80. The van der Waals surface area contributed by atoms with Crippen molar-refractivity contribution < 1.29 is 24.1 Å². The van der Waals surface area contributed by atoms with E-state index in [9.17, 15) is 9.90 Å². The summed E-state index contributed by atoms with van der Waals surface area (Å²) in [5.74, 6) is -0.736. The molecule has 0 radical (unpaired) electrons. The molecular formula is C16H21NO5. The highest BCUT2D eigenvalue weighted by atomic mass is 16.8. The van der Waals surface area contributed by atoms with Crippen LogP contribution in [0.1, 0.15) is 19.4 Å². The number of hydrogen-bond acceptors (Lipinski definition) is 5. The van der Waals surface area contributed by atoms with E-state index >= 15 is 0 Å². The predicted molar refractivity (Wildman–Crippen MR) is 78.0 cm³/mol. The normalized spacial score (nSPS) is 30.0. The average molecular weight is 307 g/mol. The van der Waals surface area contributed by atoms with E-state index in [1.165, 1.54) is 4.90 Å². The number of carbonyl (C=O) groups is 1. The Labute approximate surface area is 129 Å². The third kappa shape index (κ3) is 3.24. The van der Waals surface area contributed by atoms with Gasteiger partial charge in [-0.25, -0.2) is 4.79 Å². The van der Waals surface area contributed by atoms with Crippen LogP contribution in [0.2, 0.25) is 0 Å². The Balaban J connectivity index is 1.58. The second-order valence-electron chi connectivity index (χ2n) is 6.15. The lowest BCUT2D eigenvalue weighted by atomic mass is 10.0. The number of nitrogens with zero attached hydrogens (tertiary/aromatic N) is 1. The molecule has 6 heteroatoms. The molecule has 3 rings (SSSR count). The van der Waals surface area contributed by atoms with Crippen LogP contribution in [0.5, 0.6) is 0 Å². The molecule has 22 heavy (non-hydrogen) atoms. The van der Waals surface area contributed by atoms with E-state index in [0.717, 1.165) is 5.56 Å². The standard InChI is InChI=1S/C16H21NO5/c1-16(2)21-13-9-17(8-12(18)14(13)22-16)15(19)20-10-11-6-4-3-5-7-11/h3-7,12-14,18H,8-10H2,1-2H3/t12-,13+,14+/m1/s1. The molecule has 2 fully saturated rings. The quantitative estimate of drug-likeness (QED) is 0.897. The first-order chi connectivity index (χ1) is 10.4. The zero-order chi connectivity index (χ0) is 15.7. The third-order valence-corrected chi connectivity index (χ3v) is 3.87. The van der Waals surface area contributed by atoms with Gasteiger partial charge < -0.3 is 24.2 Å². The maximum Gasteiger partial charge on any atom is 0.410 e. The predicted octanol–water partition coefficient (Wildman–Crippen LogP) is 1.52. The molecule has 0 bridgehead atoms. The number of hydrogen-bond donors (Lipinski definition) is 1. The van der Waals surface area contributed by atoms with Crippen molar-refractivity contribution in [1.29, 1.82) is 0 Å². The number of benzene rings is 1. The monoisotopic (exact) mass is 307 g/mol. The Kier molecular flexibility index (Phi) is 4.08. The Bertz CT molecular complexity index is 533. The second kappa shape index (κ2) is 5.87. The third-order valence-electron chi connectivity index (χ3n) is 3.87. The van der Waals surface area contributed by atoms with E-state index in [1.807, 2.05) is 30.3 Å². The largest absolute Gasteiger partial charge is 0.445 e. The first-order valence-electron chi connectivity index (χ1n) is 7.44. The van der Waals surface area contributed by atoms with Crippen LogP contribution in [0.25, 0.3) is 0 Å².